The minimum Gasteiger partial charge on any atom is -0.236 e. The van der Waals surface area contributed by atoms with Crippen LogP contribution >= 0.6 is 0 Å². The maximum absolute atomic E-state index is 10.6. The van der Waals surface area contributed by atoms with Gasteiger partial charge in [-0.15, -0.1) is 0 Å². The Hall–Kier alpha value is -3.16. The molecular formula is C18H20N6O2. The Bertz CT molecular complexity index is 791. The van der Waals surface area contributed by atoms with E-state index in [2.05, 4.69) is 30.3 Å². The van der Waals surface area contributed by atoms with Gasteiger partial charge in [0.05, 0.1) is 11.4 Å². The molecule has 0 bridgehead atoms. The largest absolute Gasteiger partial charge is 0.236 e. The number of pyridine rings is 2. The highest BCUT2D eigenvalue weighted by atomic mass is 16.3. The van der Waals surface area contributed by atoms with Crippen molar-refractivity contribution < 1.29 is 0 Å². The molecule has 2 heterocycles. The van der Waals surface area contributed by atoms with Gasteiger partial charge in [0.2, 0.25) is 0 Å². The van der Waals surface area contributed by atoms with Crippen LogP contribution < -0.4 is 0 Å². The van der Waals surface area contributed by atoms with Gasteiger partial charge in [-0.2, -0.15) is 9.81 Å². The Kier molecular flexibility index (Phi) is 6.48. The normalized spacial score (nSPS) is 14.6. The SMILES string of the molecule is CC(=Nc1cccc(-c2cccc(N=C(C)C(C)N=O)n2)n1)C(C)N=O. The third-order valence-electron chi connectivity index (χ3n) is 3.84. The van der Waals surface area contributed by atoms with Crippen LogP contribution in [0.3, 0.4) is 0 Å². The van der Waals surface area contributed by atoms with Crippen LogP contribution in [0.2, 0.25) is 0 Å². The number of aromatic nitrogens is 2. The topological polar surface area (TPSA) is 109 Å². The number of hydrogen-bond acceptors (Lipinski definition) is 8. The quantitative estimate of drug-likeness (QED) is 0.534. The molecule has 0 spiro atoms. The molecule has 0 radical (unpaired) electrons. The number of hydrogen-bond donors (Lipinski definition) is 0. The first-order valence-electron chi connectivity index (χ1n) is 8.14. The Morgan fingerprint density at radius 2 is 1.15 bits per heavy atom. The van der Waals surface area contributed by atoms with E-state index in [9.17, 15) is 9.81 Å². The summed E-state index contributed by atoms with van der Waals surface area (Å²) in [5.41, 5.74) is 2.42. The maximum Gasteiger partial charge on any atom is 0.152 e. The number of nitrogens with zero attached hydrogens (tertiary/aromatic N) is 6. The molecule has 0 saturated carbocycles. The van der Waals surface area contributed by atoms with Crippen molar-refractivity contribution in [2.45, 2.75) is 39.8 Å². The van der Waals surface area contributed by atoms with Crippen molar-refractivity contribution in [2.24, 2.45) is 20.3 Å². The van der Waals surface area contributed by atoms with E-state index in [1.165, 1.54) is 0 Å². The summed E-state index contributed by atoms with van der Waals surface area (Å²) in [5, 5.41) is 5.92. The lowest BCUT2D eigenvalue weighted by atomic mass is 10.2. The highest BCUT2D eigenvalue weighted by molar-refractivity contribution is 5.89. The van der Waals surface area contributed by atoms with E-state index < -0.39 is 12.1 Å². The summed E-state index contributed by atoms with van der Waals surface area (Å²) >= 11 is 0. The minimum atomic E-state index is -0.507. The van der Waals surface area contributed by atoms with Crippen LogP contribution in [0.25, 0.3) is 11.4 Å². The Labute approximate surface area is 151 Å². The van der Waals surface area contributed by atoms with Crippen molar-refractivity contribution >= 4 is 23.1 Å². The van der Waals surface area contributed by atoms with Crippen LogP contribution in [0, 0.1) is 9.81 Å². The Morgan fingerprint density at radius 1 is 0.769 bits per heavy atom. The van der Waals surface area contributed by atoms with Gasteiger partial charge in [0.25, 0.3) is 0 Å². The van der Waals surface area contributed by atoms with Crippen LogP contribution in [0.4, 0.5) is 11.6 Å². The molecule has 0 aliphatic heterocycles. The second kappa shape index (κ2) is 8.80. The van der Waals surface area contributed by atoms with Crippen LogP contribution in [-0.4, -0.2) is 33.5 Å². The van der Waals surface area contributed by atoms with E-state index >= 15 is 0 Å². The van der Waals surface area contributed by atoms with Crippen molar-refractivity contribution in [3.05, 3.63) is 46.2 Å². The first-order chi connectivity index (χ1) is 12.4. The number of rotatable bonds is 7. The minimum absolute atomic E-state index is 0.473. The molecule has 2 rings (SSSR count). The second-order valence-electron chi connectivity index (χ2n) is 5.83. The Morgan fingerprint density at radius 3 is 1.50 bits per heavy atom. The number of aliphatic imine (C=N–C) groups is 2. The summed E-state index contributed by atoms with van der Waals surface area (Å²) in [7, 11) is 0. The lowest BCUT2D eigenvalue weighted by Gasteiger charge is -2.05. The maximum atomic E-state index is 10.6. The van der Waals surface area contributed by atoms with E-state index in [0.29, 0.717) is 34.4 Å². The van der Waals surface area contributed by atoms with Gasteiger partial charge in [-0.25, -0.2) is 20.0 Å². The predicted octanol–water partition coefficient (Wildman–Crippen LogP) is 4.64. The van der Waals surface area contributed by atoms with E-state index in [0.717, 1.165) is 0 Å². The molecule has 8 nitrogen and oxygen atoms in total. The third kappa shape index (κ3) is 4.92. The zero-order valence-electron chi connectivity index (χ0n) is 15.1. The van der Waals surface area contributed by atoms with Crippen LogP contribution in [0.1, 0.15) is 27.7 Å². The molecule has 2 unspecified atom stereocenters. The molecule has 26 heavy (non-hydrogen) atoms. The number of nitroso groups, excluding NO2 is 2. The van der Waals surface area contributed by atoms with Gasteiger partial charge in [0.1, 0.15) is 12.1 Å². The Balaban J connectivity index is 2.35. The summed E-state index contributed by atoms with van der Waals surface area (Å²) in [6.07, 6.45) is 0. The lowest BCUT2D eigenvalue weighted by molar-refractivity contribution is 0.953. The summed E-state index contributed by atoms with van der Waals surface area (Å²) in [6, 6.07) is 9.73. The standard InChI is InChI=1S/C18H20N6O2/c1-11(13(3)23-25)19-17-9-5-7-15(21-17)16-8-6-10-18(22-16)20-12(2)14(4)24-26/h5-10,13-14H,1-4H3. The summed E-state index contributed by atoms with van der Waals surface area (Å²) in [4.78, 5) is 38.8. The lowest BCUT2D eigenvalue weighted by Crippen LogP contribution is -2.09. The van der Waals surface area contributed by atoms with Crippen molar-refractivity contribution in [1.29, 1.82) is 0 Å². The highest BCUT2D eigenvalue weighted by Crippen LogP contribution is 2.21. The van der Waals surface area contributed by atoms with Crippen molar-refractivity contribution in [1.82, 2.24) is 9.97 Å². The molecule has 0 saturated heterocycles. The van der Waals surface area contributed by atoms with E-state index in [1.807, 2.05) is 24.3 Å². The van der Waals surface area contributed by atoms with Crippen LogP contribution in [0.5, 0.6) is 0 Å². The van der Waals surface area contributed by atoms with Crippen molar-refractivity contribution in [3.63, 3.8) is 0 Å². The van der Waals surface area contributed by atoms with Gasteiger partial charge in [0, 0.05) is 11.4 Å². The zero-order chi connectivity index (χ0) is 19.1. The highest BCUT2D eigenvalue weighted by Gasteiger charge is 2.09. The van der Waals surface area contributed by atoms with Gasteiger partial charge >= 0.3 is 0 Å². The molecule has 0 fully saturated rings. The first-order valence-corrected chi connectivity index (χ1v) is 8.14. The zero-order valence-corrected chi connectivity index (χ0v) is 15.1. The van der Waals surface area contributed by atoms with Crippen molar-refractivity contribution in [2.75, 3.05) is 0 Å². The molecule has 2 aromatic rings. The molecular weight excluding hydrogens is 332 g/mol. The average Bonchev–Trinajstić information content (AvgIpc) is 2.66. The molecule has 2 aromatic heterocycles. The summed E-state index contributed by atoms with van der Waals surface area (Å²) < 4.78 is 0. The first kappa shape index (κ1) is 19.2. The molecule has 0 amide bonds. The summed E-state index contributed by atoms with van der Waals surface area (Å²) in [5.74, 6) is 0.947. The van der Waals surface area contributed by atoms with E-state index in [-0.39, 0.29) is 0 Å². The predicted molar refractivity (Wildman–Crippen MR) is 104 cm³/mol. The molecule has 0 aliphatic carbocycles. The van der Waals surface area contributed by atoms with Gasteiger partial charge < -0.3 is 0 Å². The van der Waals surface area contributed by atoms with Gasteiger partial charge in [0.15, 0.2) is 11.6 Å². The molecule has 0 aromatic carbocycles. The summed E-state index contributed by atoms with van der Waals surface area (Å²) in [6.45, 7) is 6.82. The van der Waals surface area contributed by atoms with Gasteiger partial charge in [-0.05, 0) is 52.0 Å². The molecule has 0 N–H and O–H groups in total. The third-order valence-corrected chi connectivity index (χ3v) is 3.84. The van der Waals surface area contributed by atoms with Crippen LogP contribution in [-0.2, 0) is 0 Å². The molecule has 8 heteroatoms. The molecule has 0 aliphatic rings. The average molecular weight is 352 g/mol. The van der Waals surface area contributed by atoms with Crippen LogP contribution in [0.15, 0.2) is 56.7 Å². The van der Waals surface area contributed by atoms with Crippen molar-refractivity contribution in [3.8, 4) is 11.4 Å². The fourth-order valence-corrected chi connectivity index (χ4v) is 1.96. The smallest absolute Gasteiger partial charge is 0.152 e. The molecule has 134 valence electrons. The second-order valence-corrected chi connectivity index (χ2v) is 5.83. The fraction of sp³-hybridized carbons (Fsp3) is 0.333. The monoisotopic (exact) mass is 352 g/mol. The van der Waals surface area contributed by atoms with Gasteiger partial charge in [-0.1, -0.05) is 22.5 Å². The van der Waals surface area contributed by atoms with Gasteiger partial charge in [-0.3, -0.25) is 0 Å². The molecule has 2 atom stereocenters. The van der Waals surface area contributed by atoms with E-state index in [4.69, 9.17) is 0 Å². The van der Waals surface area contributed by atoms with E-state index in [1.54, 1.807) is 39.8 Å². The fourth-order valence-electron chi connectivity index (χ4n) is 1.96.